The van der Waals surface area contributed by atoms with Gasteiger partial charge in [0.25, 0.3) is 0 Å². The number of carboxylic acid groups (broad SMARTS) is 1. The molecule has 1 aliphatic rings. The van der Waals surface area contributed by atoms with Gasteiger partial charge < -0.3 is 14.6 Å². The topological polar surface area (TPSA) is 55.8 Å². The van der Waals surface area contributed by atoms with Crippen LogP contribution in [0.2, 0.25) is 5.02 Å². The predicted molar refractivity (Wildman–Crippen MR) is 67.7 cm³/mol. The van der Waals surface area contributed by atoms with Gasteiger partial charge in [0.2, 0.25) is 0 Å². The Kier molecular flexibility index (Phi) is 3.66. The zero-order valence-corrected chi connectivity index (χ0v) is 11.1. The van der Waals surface area contributed by atoms with Crippen molar-refractivity contribution in [2.75, 3.05) is 13.2 Å². The molecule has 4 nitrogen and oxygen atoms in total. The summed E-state index contributed by atoms with van der Waals surface area (Å²) in [5.74, 6) is -0.152. The highest BCUT2D eigenvalue weighted by Crippen LogP contribution is 2.42. The lowest BCUT2D eigenvalue weighted by Crippen LogP contribution is -2.18. The minimum atomic E-state index is -0.833. The zero-order valence-electron chi connectivity index (χ0n) is 10.3. The van der Waals surface area contributed by atoms with Crippen LogP contribution in [-0.2, 0) is 11.2 Å². The quantitative estimate of drug-likeness (QED) is 0.917. The van der Waals surface area contributed by atoms with Crippen molar-refractivity contribution in [1.29, 1.82) is 0 Å². The molecule has 0 bridgehead atoms. The van der Waals surface area contributed by atoms with Gasteiger partial charge >= 0.3 is 5.97 Å². The van der Waals surface area contributed by atoms with Gasteiger partial charge in [0, 0.05) is 0 Å². The summed E-state index contributed by atoms with van der Waals surface area (Å²) in [4.78, 5) is 10.9. The summed E-state index contributed by atoms with van der Waals surface area (Å²) in [7, 11) is 0. The van der Waals surface area contributed by atoms with Gasteiger partial charge in [-0.15, -0.1) is 0 Å². The van der Waals surface area contributed by atoms with E-state index in [1.807, 2.05) is 13.0 Å². The molecular weight excluding hydrogens is 256 g/mol. The van der Waals surface area contributed by atoms with Crippen molar-refractivity contribution in [3.05, 3.63) is 22.2 Å². The van der Waals surface area contributed by atoms with E-state index in [4.69, 9.17) is 26.2 Å². The standard InChI is InChI=1S/C13H15ClO4/c1-7-6-10-12(18-4-3-17-10)11(14)9(7)5-8(2)13(15)16/h6,8H,3-5H2,1-2H3,(H,15,16). The number of fused-ring (bicyclic) bond motifs is 1. The average molecular weight is 271 g/mol. The molecule has 0 fully saturated rings. The molecule has 0 saturated heterocycles. The van der Waals surface area contributed by atoms with E-state index in [1.54, 1.807) is 6.92 Å². The Morgan fingerprint density at radius 1 is 1.50 bits per heavy atom. The molecule has 1 aromatic carbocycles. The molecular formula is C13H15ClO4. The smallest absolute Gasteiger partial charge is 0.306 e. The number of hydrogen-bond donors (Lipinski definition) is 1. The highest BCUT2D eigenvalue weighted by molar-refractivity contribution is 6.33. The van der Waals surface area contributed by atoms with Gasteiger partial charge in [-0.1, -0.05) is 18.5 Å². The fourth-order valence-corrected chi connectivity index (χ4v) is 2.32. The van der Waals surface area contributed by atoms with Gasteiger partial charge in [0.1, 0.15) is 13.2 Å². The molecule has 0 spiro atoms. The fraction of sp³-hybridized carbons (Fsp3) is 0.462. The van der Waals surface area contributed by atoms with Crippen LogP contribution in [0.1, 0.15) is 18.1 Å². The molecule has 0 aromatic heterocycles. The van der Waals surface area contributed by atoms with E-state index >= 15 is 0 Å². The monoisotopic (exact) mass is 270 g/mol. The van der Waals surface area contributed by atoms with Gasteiger partial charge in [-0.25, -0.2) is 0 Å². The summed E-state index contributed by atoms with van der Waals surface area (Å²) in [5, 5.41) is 9.43. The number of hydrogen-bond acceptors (Lipinski definition) is 3. The Hall–Kier alpha value is -1.42. The first-order valence-electron chi connectivity index (χ1n) is 5.81. The molecule has 5 heteroatoms. The third kappa shape index (κ3) is 2.38. The molecule has 1 atom stereocenters. The summed E-state index contributed by atoms with van der Waals surface area (Å²) in [6, 6.07) is 1.85. The van der Waals surface area contributed by atoms with E-state index in [2.05, 4.69) is 0 Å². The van der Waals surface area contributed by atoms with E-state index in [9.17, 15) is 4.79 Å². The summed E-state index contributed by atoms with van der Waals surface area (Å²) in [6.07, 6.45) is 0.386. The van der Waals surface area contributed by atoms with Gasteiger partial charge in [-0.2, -0.15) is 0 Å². The van der Waals surface area contributed by atoms with E-state index in [0.717, 1.165) is 11.1 Å². The van der Waals surface area contributed by atoms with Crippen LogP contribution in [0.15, 0.2) is 6.07 Å². The molecule has 98 valence electrons. The Morgan fingerprint density at radius 3 is 2.83 bits per heavy atom. The minimum Gasteiger partial charge on any atom is -0.486 e. The summed E-state index contributed by atoms with van der Waals surface area (Å²) in [5.41, 5.74) is 1.74. The Labute approximate surface area is 110 Å². The van der Waals surface area contributed by atoms with E-state index in [1.165, 1.54) is 0 Å². The highest BCUT2D eigenvalue weighted by atomic mass is 35.5. The van der Waals surface area contributed by atoms with Crippen LogP contribution in [0.3, 0.4) is 0 Å². The Morgan fingerprint density at radius 2 is 2.17 bits per heavy atom. The zero-order chi connectivity index (χ0) is 13.3. The largest absolute Gasteiger partial charge is 0.486 e. The number of aryl methyl sites for hydroxylation is 1. The summed E-state index contributed by atoms with van der Waals surface area (Å²) in [6.45, 7) is 4.53. The predicted octanol–water partition coefficient (Wildman–Crippen LogP) is 2.68. The molecule has 1 unspecified atom stereocenters. The Bertz CT molecular complexity index is 484. The third-order valence-corrected chi connectivity index (χ3v) is 3.43. The number of rotatable bonds is 3. The maximum Gasteiger partial charge on any atom is 0.306 e. The van der Waals surface area contributed by atoms with Gasteiger partial charge in [-0.05, 0) is 30.5 Å². The average Bonchev–Trinajstić information content (AvgIpc) is 2.34. The SMILES string of the molecule is Cc1cc2c(c(Cl)c1CC(C)C(=O)O)OCCO2. The van der Waals surface area contributed by atoms with Crippen molar-refractivity contribution >= 4 is 17.6 Å². The molecule has 1 heterocycles. The first kappa shape index (κ1) is 13.0. The van der Waals surface area contributed by atoms with Gasteiger partial charge in [0.15, 0.2) is 11.5 Å². The van der Waals surface area contributed by atoms with Crippen LogP contribution < -0.4 is 9.47 Å². The van der Waals surface area contributed by atoms with Crippen LogP contribution in [-0.4, -0.2) is 24.3 Å². The van der Waals surface area contributed by atoms with Crippen molar-refractivity contribution in [1.82, 2.24) is 0 Å². The molecule has 2 rings (SSSR count). The van der Waals surface area contributed by atoms with Crippen molar-refractivity contribution in [2.45, 2.75) is 20.3 Å². The van der Waals surface area contributed by atoms with Crippen molar-refractivity contribution in [3.8, 4) is 11.5 Å². The van der Waals surface area contributed by atoms with E-state index in [0.29, 0.717) is 36.2 Å². The second kappa shape index (κ2) is 5.06. The van der Waals surface area contributed by atoms with Crippen molar-refractivity contribution < 1.29 is 19.4 Å². The van der Waals surface area contributed by atoms with Gasteiger partial charge in [0.05, 0.1) is 10.9 Å². The molecule has 1 N–H and O–H groups in total. The molecule has 18 heavy (non-hydrogen) atoms. The first-order valence-corrected chi connectivity index (χ1v) is 6.19. The number of benzene rings is 1. The lowest BCUT2D eigenvalue weighted by Gasteiger charge is -2.22. The lowest BCUT2D eigenvalue weighted by atomic mass is 9.96. The molecule has 0 saturated carbocycles. The van der Waals surface area contributed by atoms with Crippen LogP contribution in [0.25, 0.3) is 0 Å². The molecule has 0 aliphatic carbocycles. The second-order valence-corrected chi connectivity index (χ2v) is 4.83. The number of ether oxygens (including phenoxy) is 2. The lowest BCUT2D eigenvalue weighted by molar-refractivity contribution is -0.141. The first-order chi connectivity index (χ1) is 8.50. The summed E-state index contributed by atoms with van der Waals surface area (Å²) >= 11 is 6.28. The second-order valence-electron chi connectivity index (χ2n) is 4.45. The van der Waals surface area contributed by atoms with E-state index < -0.39 is 11.9 Å². The normalized spacial score (nSPS) is 15.3. The third-order valence-electron chi connectivity index (χ3n) is 3.03. The number of halogens is 1. The van der Waals surface area contributed by atoms with Crippen molar-refractivity contribution in [3.63, 3.8) is 0 Å². The van der Waals surface area contributed by atoms with Crippen LogP contribution in [0.4, 0.5) is 0 Å². The number of aliphatic carboxylic acids is 1. The maximum absolute atomic E-state index is 10.9. The Balaban J connectivity index is 2.38. The number of carbonyl (C=O) groups is 1. The van der Waals surface area contributed by atoms with E-state index in [-0.39, 0.29) is 0 Å². The van der Waals surface area contributed by atoms with Crippen LogP contribution in [0, 0.1) is 12.8 Å². The fourth-order valence-electron chi connectivity index (χ4n) is 1.95. The van der Waals surface area contributed by atoms with Crippen molar-refractivity contribution in [2.24, 2.45) is 5.92 Å². The number of carboxylic acids is 1. The molecule has 0 radical (unpaired) electrons. The minimum absolute atomic E-state index is 0.386. The molecule has 1 aromatic rings. The highest BCUT2D eigenvalue weighted by Gasteiger charge is 2.23. The van der Waals surface area contributed by atoms with Crippen LogP contribution >= 0.6 is 11.6 Å². The summed E-state index contributed by atoms with van der Waals surface area (Å²) < 4.78 is 11.0. The van der Waals surface area contributed by atoms with Gasteiger partial charge in [-0.3, -0.25) is 4.79 Å². The van der Waals surface area contributed by atoms with Crippen LogP contribution in [0.5, 0.6) is 11.5 Å². The molecule has 0 amide bonds. The molecule has 1 aliphatic heterocycles. The maximum atomic E-state index is 10.9.